The van der Waals surface area contributed by atoms with Gasteiger partial charge in [-0.3, -0.25) is 4.79 Å². The van der Waals surface area contributed by atoms with Gasteiger partial charge in [-0.25, -0.2) is 9.97 Å². The Morgan fingerprint density at radius 1 is 1.32 bits per heavy atom. The second-order valence-electron chi connectivity index (χ2n) is 5.44. The number of piperidine rings is 1. The fraction of sp³-hybridized carbons (Fsp3) is 0.615. The molecule has 2 aliphatic rings. The van der Waals surface area contributed by atoms with E-state index < -0.39 is 5.54 Å². The molecule has 6 nitrogen and oxygen atoms in total. The van der Waals surface area contributed by atoms with Crippen molar-refractivity contribution < 1.29 is 4.79 Å². The summed E-state index contributed by atoms with van der Waals surface area (Å²) in [6.45, 7) is 1.74. The van der Waals surface area contributed by atoms with Gasteiger partial charge >= 0.3 is 0 Å². The highest BCUT2D eigenvalue weighted by molar-refractivity contribution is 5.89. The van der Waals surface area contributed by atoms with Gasteiger partial charge in [0.15, 0.2) is 0 Å². The Kier molecular flexibility index (Phi) is 3.10. The maximum Gasteiger partial charge on any atom is 0.240 e. The zero-order valence-electron chi connectivity index (χ0n) is 10.9. The molecule has 1 aliphatic carbocycles. The number of nitrogens with two attached hydrogens (primary N) is 1. The molecular formula is C13H19N5O. The maximum absolute atomic E-state index is 11.9. The third-order valence-corrected chi connectivity index (χ3v) is 3.91. The Labute approximate surface area is 112 Å². The summed E-state index contributed by atoms with van der Waals surface area (Å²) in [6, 6.07) is 2.04. The van der Waals surface area contributed by atoms with Crippen LogP contribution < -0.4 is 16.0 Å². The van der Waals surface area contributed by atoms with E-state index in [-0.39, 0.29) is 11.9 Å². The average molecular weight is 261 g/mol. The SMILES string of the molecule is NC1(C(=O)NC2CCN(c3ncccn3)CC2)CC1. The van der Waals surface area contributed by atoms with E-state index in [2.05, 4.69) is 20.2 Å². The number of hydrogen-bond donors (Lipinski definition) is 2. The highest BCUT2D eigenvalue weighted by atomic mass is 16.2. The van der Waals surface area contributed by atoms with Gasteiger partial charge in [-0.2, -0.15) is 0 Å². The molecule has 0 atom stereocenters. The molecule has 2 heterocycles. The second kappa shape index (κ2) is 4.77. The number of aromatic nitrogens is 2. The molecule has 1 aliphatic heterocycles. The van der Waals surface area contributed by atoms with Gasteiger partial charge in [0, 0.05) is 31.5 Å². The molecule has 3 rings (SSSR count). The number of nitrogens with one attached hydrogen (secondary N) is 1. The lowest BCUT2D eigenvalue weighted by molar-refractivity contribution is -0.124. The van der Waals surface area contributed by atoms with Crippen LogP contribution in [0.3, 0.4) is 0 Å². The lowest BCUT2D eigenvalue weighted by Crippen LogP contribution is -2.51. The number of nitrogens with zero attached hydrogens (tertiary/aromatic N) is 3. The van der Waals surface area contributed by atoms with Gasteiger partial charge in [-0.05, 0) is 31.7 Å². The van der Waals surface area contributed by atoms with Crippen molar-refractivity contribution in [2.75, 3.05) is 18.0 Å². The maximum atomic E-state index is 11.9. The van der Waals surface area contributed by atoms with Crippen molar-refractivity contribution in [1.29, 1.82) is 0 Å². The molecule has 0 radical (unpaired) electrons. The van der Waals surface area contributed by atoms with Crippen LogP contribution in [0.2, 0.25) is 0 Å². The molecule has 0 spiro atoms. The molecule has 3 N–H and O–H groups in total. The molecule has 2 fully saturated rings. The molecule has 1 aromatic rings. The van der Waals surface area contributed by atoms with Gasteiger partial charge in [0.25, 0.3) is 0 Å². The van der Waals surface area contributed by atoms with Gasteiger partial charge in [0.05, 0.1) is 5.54 Å². The first-order valence-corrected chi connectivity index (χ1v) is 6.79. The standard InChI is InChI=1S/C13H19N5O/c14-13(4-5-13)11(19)17-10-2-8-18(9-3-10)12-15-6-1-7-16-12/h1,6-7,10H,2-5,8-9,14H2,(H,17,19). The zero-order chi connectivity index (χ0) is 13.3. The minimum Gasteiger partial charge on any atom is -0.352 e. The fourth-order valence-corrected chi connectivity index (χ4v) is 2.37. The second-order valence-corrected chi connectivity index (χ2v) is 5.44. The van der Waals surface area contributed by atoms with Crippen molar-refractivity contribution in [3.63, 3.8) is 0 Å². The predicted octanol–water partition coefficient (Wildman–Crippen LogP) is 0.0529. The summed E-state index contributed by atoms with van der Waals surface area (Å²) in [6.07, 6.45) is 6.97. The topological polar surface area (TPSA) is 84.1 Å². The summed E-state index contributed by atoms with van der Waals surface area (Å²) >= 11 is 0. The molecule has 1 saturated carbocycles. The molecule has 0 aromatic carbocycles. The van der Waals surface area contributed by atoms with Gasteiger partial charge in [0.1, 0.15) is 0 Å². The quantitative estimate of drug-likeness (QED) is 0.803. The lowest BCUT2D eigenvalue weighted by Gasteiger charge is -2.32. The molecule has 6 heteroatoms. The van der Waals surface area contributed by atoms with Crippen LogP contribution in [0, 0.1) is 0 Å². The van der Waals surface area contributed by atoms with Crippen molar-refractivity contribution in [2.45, 2.75) is 37.3 Å². The first-order valence-electron chi connectivity index (χ1n) is 6.79. The monoisotopic (exact) mass is 261 g/mol. The first kappa shape index (κ1) is 12.3. The molecular weight excluding hydrogens is 242 g/mol. The van der Waals surface area contributed by atoms with Crippen molar-refractivity contribution in [3.05, 3.63) is 18.5 Å². The molecule has 19 heavy (non-hydrogen) atoms. The van der Waals surface area contributed by atoms with E-state index in [1.165, 1.54) is 0 Å². The number of amides is 1. The normalized spacial score (nSPS) is 22.1. The minimum absolute atomic E-state index is 0.0157. The molecule has 0 bridgehead atoms. The Hall–Kier alpha value is -1.69. The predicted molar refractivity (Wildman–Crippen MR) is 71.6 cm³/mol. The van der Waals surface area contributed by atoms with Crippen LogP contribution in [-0.2, 0) is 4.79 Å². The van der Waals surface area contributed by atoms with E-state index in [9.17, 15) is 4.79 Å². The summed E-state index contributed by atoms with van der Waals surface area (Å²) < 4.78 is 0. The Bertz CT molecular complexity index is 451. The van der Waals surface area contributed by atoms with Crippen LogP contribution in [0.5, 0.6) is 0 Å². The fourth-order valence-electron chi connectivity index (χ4n) is 2.37. The van der Waals surface area contributed by atoms with Crippen LogP contribution in [0.15, 0.2) is 18.5 Å². The number of carbonyl (C=O) groups excluding carboxylic acids is 1. The van der Waals surface area contributed by atoms with Crippen molar-refractivity contribution in [1.82, 2.24) is 15.3 Å². The van der Waals surface area contributed by atoms with Gasteiger partial charge in [0.2, 0.25) is 11.9 Å². The average Bonchev–Trinajstić information content (AvgIpc) is 3.20. The highest BCUT2D eigenvalue weighted by Crippen LogP contribution is 2.32. The number of anilines is 1. The zero-order valence-corrected chi connectivity index (χ0v) is 10.9. The van der Waals surface area contributed by atoms with Crippen molar-refractivity contribution in [2.24, 2.45) is 5.73 Å². The Morgan fingerprint density at radius 3 is 2.53 bits per heavy atom. The largest absolute Gasteiger partial charge is 0.352 e. The van der Waals surface area contributed by atoms with Crippen LogP contribution in [0.1, 0.15) is 25.7 Å². The number of rotatable bonds is 3. The van der Waals surface area contributed by atoms with E-state index >= 15 is 0 Å². The molecule has 102 valence electrons. The Balaban J connectivity index is 1.51. The van der Waals surface area contributed by atoms with Gasteiger partial charge in [-0.15, -0.1) is 0 Å². The van der Waals surface area contributed by atoms with Gasteiger partial charge in [-0.1, -0.05) is 0 Å². The third-order valence-electron chi connectivity index (χ3n) is 3.91. The molecule has 0 unspecified atom stereocenters. The van der Waals surface area contributed by atoms with E-state index in [0.717, 1.165) is 44.7 Å². The molecule has 1 amide bonds. The van der Waals surface area contributed by atoms with E-state index in [1.807, 2.05) is 6.07 Å². The summed E-state index contributed by atoms with van der Waals surface area (Å²) in [5, 5.41) is 3.06. The minimum atomic E-state index is -0.570. The van der Waals surface area contributed by atoms with Gasteiger partial charge < -0.3 is 16.0 Å². The van der Waals surface area contributed by atoms with E-state index in [0.29, 0.717) is 0 Å². The van der Waals surface area contributed by atoms with E-state index in [4.69, 9.17) is 5.73 Å². The molecule has 1 aromatic heterocycles. The van der Waals surface area contributed by atoms with Crippen LogP contribution in [0.4, 0.5) is 5.95 Å². The van der Waals surface area contributed by atoms with Crippen LogP contribution in [-0.4, -0.2) is 40.5 Å². The Morgan fingerprint density at radius 2 is 1.95 bits per heavy atom. The summed E-state index contributed by atoms with van der Waals surface area (Å²) in [7, 11) is 0. The van der Waals surface area contributed by atoms with E-state index in [1.54, 1.807) is 12.4 Å². The van der Waals surface area contributed by atoms with Crippen LogP contribution >= 0.6 is 0 Å². The lowest BCUT2D eigenvalue weighted by atomic mass is 10.0. The smallest absolute Gasteiger partial charge is 0.240 e. The third kappa shape index (κ3) is 2.68. The van der Waals surface area contributed by atoms with Crippen LogP contribution in [0.25, 0.3) is 0 Å². The van der Waals surface area contributed by atoms with Crippen molar-refractivity contribution >= 4 is 11.9 Å². The summed E-state index contributed by atoms with van der Waals surface area (Å²) in [5.74, 6) is 0.784. The number of carbonyl (C=O) groups is 1. The first-order chi connectivity index (χ1) is 9.17. The highest BCUT2D eigenvalue weighted by Gasteiger charge is 2.46. The number of hydrogen-bond acceptors (Lipinski definition) is 5. The molecule has 1 saturated heterocycles. The van der Waals surface area contributed by atoms with Crippen molar-refractivity contribution in [3.8, 4) is 0 Å². The summed E-state index contributed by atoms with van der Waals surface area (Å²) in [4.78, 5) is 22.5. The summed E-state index contributed by atoms with van der Waals surface area (Å²) in [5.41, 5.74) is 5.31.